The summed E-state index contributed by atoms with van der Waals surface area (Å²) in [4.78, 5) is 30.6. The van der Waals surface area contributed by atoms with Gasteiger partial charge in [0.1, 0.15) is 6.42 Å². The van der Waals surface area contributed by atoms with Crippen molar-refractivity contribution in [1.29, 1.82) is 0 Å². The number of ether oxygens (including phenoxy) is 1. The molecule has 6 heteroatoms. The van der Waals surface area contributed by atoms with Crippen molar-refractivity contribution in [1.82, 2.24) is 5.32 Å². The normalized spacial score (nSPS) is 8.75. The molecule has 1 amide bonds. The number of carbonyl (C=O) groups excluding carboxylic acids is 2. The Hall–Kier alpha value is -1.59. The Morgan fingerprint density at radius 3 is 2.42 bits per heavy atom. The summed E-state index contributed by atoms with van der Waals surface area (Å²) in [5.74, 6) is -2.49. The molecular formula is C6H9NO5. The Morgan fingerprint density at radius 1 is 1.42 bits per heavy atom. The molecule has 0 aliphatic carbocycles. The number of carbonyl (C=O) groups is 3. The molecule has 0 unspecified atom stereocenters. The van der Waals surface area contributed by atoms with Crippen molar-refractivity contribution in [2.45, 2.75) is 13.3 Å². The van der Waals surface area contributed by atoms with Crippen LogP contribution in [0, 0.1) is 0 Å². The predicted octanol–water partition coefficient (Wildman–Crippen LogP) is -0.902. The van der Waals surface area contributed by atoms with Gasteiger partial charge < -0.3 is 15.2 Å². The second-order valence-corrected chi connectivity index (χ2v) is 1.96. The number of nitrogens with one attached hydrogen (secondary N) is 1. The molecule has 0 heterocycles. The van der Waals surface area contributed by atoms with Crippen molar-refractivity contribution in [3.63, 3.8) is 0 Å². The fourth-order valence-corrected chi connectivity index (χ4v) is 0.393. The minimum Gasteiger partial charge on any atom is -0.481 e. The smallest absolute Gasteiger partial charge is 0.318 e. The molecule has 0 aromatic carbocycles. The molecule has 0 aromatic rings. The molecule has 0 fully saturated rings. The molecule has 0 aromatic heterocycles. The van der Waals surface area contributed by atoms with E-state index in [1.54, 1.807) is 0 Å². The molecule has 0 radical (unpaired) electrons. The van der Waals surface area contributed by atoms with Gasteiger partial charge in [-0.25, -0.2) is 0 Å². The zero-order chi connectivity index (χ0) is 9.56. The molecule has 6 nitrogen and oxygen atoms in total. The molecule has 12 heavy (non-hydrogen) atoms. The van der Waals surface area contributed by atoms with Crippen LogP contribution in [0.15, 0.2) is 0 Å². The van der Waals surface area contributed by atoms with E-state index < -0.39 is 18.4 Å². The average molecular weight is 175 g/mol. The molecule has 0 rings (SSSR count). The highest BCUT2D eigenvalue weighted by Crippen LogP contribution is 1.84. The highest BCUT2D eigenvalue weighted by molar-refractivity contribution is 5.90. The number of carboxylic acid groups (broad SMARTS) is 1. The fourth-order valence-electron chi connectivity index (χ4n) is 0.393. The largest absolute Gasteiger partial charge is 0.481 e. The summed E-state index contributed by atoms with van der Waals surface area (Å²) >= 11 is 0. The number of rotatable bonds is 4. The number of hydrogen-bond acceptors (Lipinski definition) is 4. The summed E-state index contributed by atoms with van der Waals surface area (Å²) in [5, 5.41) is 10.3. The maximum Gasteiger partial charge on any atom is 0.318 e. The van der Waals surface area contributed by atoms with Crippen LogP contribution in [0.25, 0.3) is 0 Å². The highest BCUT2D eigenvalue weighted by Gasteiger charge is 2.07. The standard InChI is InChI=1S/C6H9NO5/c1-4(8)7-3-12-6(11)2-5(9)10/h2-3H2,1H3,(H,7,8)(H,9,10). The number of carboxylic acids is 1. The predicted molar refractivity (Wildman–Crippen MR) is 37.0 cm³/mol. The fraction of sp³-hybridized carbons (Fsp3) is 0.500. The molecule has 0 atom stereocenters. The van der Waals surface area contributed by atoms with Gasteiger partial charge in [-0.05, 0) is 0 Å². The summed E-state index contributed by atoms with van der Waals surface area (Å²) in [5.41, 5.74) is 0. The molecular weight excluding hydrogens is 166 g/mol. The van der Waals surface area contributed by atoms with Gasteiger partial charge >= 0.3 is 11.9 Å². The topological polar surface area (TPSA) is 92.7 Å². The van der Waals surface area contributed by atoms with Crippen molar-refractivity contribution in [3.8, 4) is 0 Å². The molecule has 68 valence electrons. The van der Waals surface area contributed by atoms with Crippen molar-refractivity contribution in [3.05, 3.63) is 0 Å². The highest BCUT2D eigenvalue weighted by atomic mass is 16.5. The van der Waals surface area contributed by atoms with Crippen molar-refractivity contribution >= 4 is 17.8 Å². The Kier molecular flexibility index (Phi) is 4.43. The molecule has 0 bridgehead atoms. The summed E-state index contributed by atoms with van der Waals surface area (Å²) in [6.45, 7) is 0.965. The number of hydrogen-bond donors (Lipinski definition) is 2. The Balaban J connectivity index is 3.44. The lowest BCUT2D eigenvalue weighted by atomic mass is 10.4. The minimum atomic E-state index is -1.26. The summed E-state index contributed by atoms with van der Waals surface area (Å²) in [6, 6.07) is 0. The second-order valence-electron chi connectivity index (χ2n) is 1.96. The average Bonchev–Trinajstić information content (AvgIpc) is 1.84. The van der Waals surface area contributed by atoms with E-state index in [0.717, 1.165) is 0 Å². The van der Waals surface area contributed by atoms with Crippen LogP contribution in [0.5, 0.6) is 0 Å². The molecule has 0 aliphatic heterocycles. The van der Waals surface area contributed by atoms with Crippen LogP contribution in [-0.4, -0.2) is 29.7 Å². The molecule has 0 saturated heterocycles. The van der Waals surface area contributed by atoms with Crippen molar-refractivity contribution < 1.29 is 24.2 Å². The molecule has 0 spiro atoms. The third kappa shape index (κ3) is 6.53. The number of aliphatic carboxylic acids is 1. The monoisotopic (exact) mass is 175 g/mol. The van der Waals surface area contributed by atoms with Gasteiger partial charge in [0.15, 0.2) is 6.73 Å². The van der Waals surface area contributed by atoms with E-state index in [4.69, 9.17) is 5.11 Å². The summed E-state index contributed by atoms with van der Waals surface area (Å²) in [6.07, 6.45) is -0.695. The van der Waals surface area contributed by atoms with Gasteiger partial charge in [-0.2, -0.15) is 0 Å². The third-order valence-corrected chi connectivity index (χ3v) is 0.850. The van der Waals surface area contributed by atoms with Crippen LogP contribution in [0.3, 0.4) is 0 Å². The summed E-state index contributed by atoms with van der Waals surface area (Å²) < 4.78 is 4.31. The third-order valence-electron chi connectivity index (χ3n) is 0.850. The van der Waals surface area contributed by atoms with Gasteiger partial charge in [0.25, 0.3) is 0 Å². The van der Waals surface area contributed by atoms with E-state index in [1.807, 2.05) is 0 Å². The van der Waals surface area contributed by atoms with E-state index in [1.165, 1.54) is 6.92 Å². The van der Waals surface area contributed by atoms with E-state index in [-0.39, 0.29) is 12.6 Å². The molecule has 2 N–H and O–H groups in total. The first kappa shape index (κ1) is 10.4. The van der Waals surface area contributed by atoms with Crippen molar-refractivity contribution in [2.24, 2.45) is 0 Å². The van der Waals surface area contributed by atoms with E-state index in [0.29, 0.717) is 0 Å². The Labute approximate surface area is 68.5 Å². The lowest BCUT2D eigenvalue weighted by molar-refractivity contribution is -0.151. The van der Waals surface area contributed by atoms with Gasteiger partial charge in [-0.1, -0.05) is 0 Å². The Morgan fingerprint density at radius 2 is 2.00 bits per heavy atom. The first-order chi connectivity index (χ1) is 5.52. The SMILES string of the molecule is CC(=O)NCOC(=O)CC(=O)O. The van der Waals surface area contributed by atoms with Crippen LogP contribution in [-0.2, 0) is 19.1 Å². The first-order valence-corrected chi connectivity index (χ1v) is 3.14. The maximum atomic E-state index is 10.5. The lowest BCUT2D eigenvalue weighted by Crippen LogP contribution is -2.25. The maximum absolute atomic E-state index is 10.5. The molecule has 0 aliphatic rings. The van der Waals surface area contributed by atoms with Gasteiger partial charge in [0.05, 0.1) is 0 Å². The van der Waals surface area contributed by atoms with Gasteiger partial charge in [-0.15, -0.1) is 0 Å². The number of esters is 1. The quantitative estimate of drug-likeness (QED) is 0.328. The summed E-state index contributed by atoms with van der Waals surface area (Å²) in [7, 11) is 0. The van der Waals surface area contributed by atoms with Crippen LogP contribution in [0.1, 0.15) is 13.3 Å². The minimum absolute atomic E-state index is 0.290. The first-order valence-electron chi connectivity index (χ1n) is 3.14. The van der Waals surface area contributed by atoms with Crippen LogP contribution >= 0.6 is 0 Å². The second kappa shape index (κ2) is 5.11. The zero-order valence-electron chi connectivity index (χ0n) is 6.49. The van der Waals surface area contributed by atoms with Crippen LogP contribution < -0.4 is 5.32 Å². The Bertz CT molecular complexity index is 200. The zero-order valence-corrected chi connectivity index (χ0v) is 6.49. The van der Waals surface area contributed by atoms with Gasteiger partial charge in [0, 0.05) is 6.92 Å². The molecule has 0 saturated carbocycles. The van der Waals surface area contributed by atoms with Crippen LogP contribution in [0.2, 0.25) is 0 Å². The van der Waals surface area contributed by atoms with E-state index in [9.17, 15) is 14.4 Å². The van der Waals surface area contributed by atoms with Gasteiger partial charge in [0.2, 0.25) is 5.91 Å². The number of amides is 1. The lowest BCUT2D eigenvalue weighted by Gasteiger charge is -2.02. The van der Waals surface area contributed by atoms with E-state index >= 15 is 0 Å². The van der Waals surface area contributed by atoms with E-state index in [2.05, 4.69) is 10.1 Å². The van der Waals surface area contributed by atoms with Gasteiger partial charge in [-0.3, -0.25) is 14.4 Å². The van der Waals surface area contributed by atoms with Crippen LogP contribution in [0.4, 0.5) is 0 Å². The van der Waals surface area contributed by atoms with Crippen molar-refractivity contribution in [2.75, 3.05) is 6.73 Å².